The zero-order valence-electron chi connectivity index (χ0n) is 19.8. The molecule has 0 saturated heterocycles. The van der Waals surface area contributed by atoms with E-state index in [4.69, 9.17) is 9.72 Å². The molecule has 0 bridgehead atoms. The number of carboxylic acid groups (broad SMARTS) is 1. The van der Waals surface area contributed by atoms with Crippen LogP contribution in [0.4, 0.5) is 11.5 Å². The van der Waals surface area contributed by atoms with Crippen molar-refractivity contribution >= 4 is 17.5 Å². The van der Waals surface area contributed by atoms with Crippen LogP contribution in [0.15, 0.2) is 42.7 Å². The van der Waals surface area contributed by atoms with Gasteiger partial charge in [-0.3, -0.25) is 4.98 Å². The van der Waals surface area contributed by atoms with E-state index in [-0.39, 0.29) is 0 Å². The molecule has 0 aliphatic rings. The molecule has 3 rings (SSSR count). The molecule has 0 aliphatic carbocycles. The second-order valence-corrected chi connectivity index (χ2v) is 9.07. The van der Waals surface area contributed by atoms with Crippen LogP contribution in [0, 0.1) is 27.7 Å². The molecule has 168 valence electrons. The highest BCUT2D eigenvalue weighted by molar-refractivity contribution is 5.84. The maximum Gasteiger partial charge on any atom is 0.337 e. The molecular formula is C26H31N3O3. The van der Waals surface area contributed by atoms with Gasteiger partial charge in [0.1, 0.15) is 5.82 Å². The van der Waals surface area contributed by atoms with Crippen LogP contribution in [0.1, 0.15) is 54.8 Å². The van der Waals surface area contributed by atoms with Crippen LogP contribution in [0.25, 0.3) is 11.1 Å². The molecule has 6 nitrogen and oxygen atoms in total. The molecule has 0 aliphatic heterocycles. The number of nitrogens with zero attached hydrogens (tertiary/aromatic N) is 2. The summed E-state index contributed by atoms with van der Waals surface area (Å²) in [5.41, 5.74) is 6.20. The number of carbonyl (C=O) groups is 1. The lowest BCUT2D eigenvalue weighted by atomic mass is 9.89. The van der Waals surface area contributed by atoms with Crippen molar-refractivity contribution in [1.29, 1.82) is 0 Å². The Morgan fingerprint density at radius 2 is 1.81 bits per heavy atom. The molecule has 2 N–H and O–H groups in total. The van der Waals surface area contributed by atoms with Crippen molar-refractivity contribution in [2.45, 2.75) is 60.2 Å². The lowest BCUT2D eigenvalue weighted by Gasteiger charge is -2.29. The van der Waals surface area contributed by atoms with Crippen molar-refractivity contribution in [3.05, 3.63) is 70.7 Å². The quantitative estimate of drug-likeness (QED) is 0.491. The van der Waals surface area contributed by atoms with Crippen LogP contribution >= 0.6 is 0 Å². The van der Waals surface area contributed by atoms with Gasteiger partial charge in [-0.05, 0) is 82.9 Å². The van der Waals surface area contributed by atoms with E-state index in [1.54, 1.807) is 12.4 Å². The minimum absolute atomic E-state index is 0.585. The third-order valence-electron chi connectivity index (χ3n) is 5.35. The summed E-state index contributed by atoms with van der Waals surface area (Å²) in [6.45, 7) is 13.5. The highest BCUT2D eigenvalue weighted by atomic mass is 16.5. The van der Waals surface area contributed by atoms with E-state index in [0.717, 1.165) is 33.6 Å². The standard InChI is InChI=1S/C26H31N3O3/c1-15-10-11-19(13-16(15)2)22-18(4)28-24(29-20-9-8-12-27-14-20)17(3)21(22)23(25(30)31)32-26(5,6)7/h8-14,23H,1-7H3,(H,28,29)(H,30,31). The van der Waals surface area contributed by atoms with Gasteiger partial charge in [0, 0.05) is 23.0 Å². The summed E-state index contributed by atoms with van der Waals surface area (Å²) in [4.78, 5) is 21.4. The van der Waals surface area contributed by atoms with Crippen molar-refractivity contribution in [2.24, 2.45) is 0 Å². The number of anilines is 2. The summed E-state index contributed by atoms with van der Waals surface area (Å²) >= 11 is 0. The number of carboxylic acids is 1. The SMILES string of the molecule is Cc1ccc(-c2c(C)nc(Nc3cccnc3)c(C)c2C(OC(C)(C)C)C(=O)O)cc1C. The molecule has 0 fully saturated rings. The zero-order chi connectivity index (χ0) is 23.6. The van der Waals surface area contributed by atoms with Crippen LogP contribution in [-0.4, -0.2) is 26.6 Å². The number of hydrogen-bond donors (Lipinski definition) is 2. The number of rotatable bonds is 6. The molecular weight excluding hydrogens is 402 g/mol. The van der Waals surface area contributed by atoms with Crippen molar-refractivity contribution < 1.29 is 14.6 Å². The predicted molar refractivity (Wildman–Crippen MR) is 127 cm³/mol. The van der Waals surface area contributed by atoms with Crippen molar-refractivity contribution in [3.8, 4) is 11.1 Å². The number of nitrogens with one attached hydrogen (secondary N) is 1. The van der Waals surface area contributed by atoms with Crippen LogP contribution < -0.4 is 5.32 Å². The Hall–Kier alpha value is -3.25. The molecule has 3 aromatic rings. The number of aliphatic carboxylic acids is 1. The van der Waals surface area contributed by atoms with E-state index in [1.807, 2.05) is 65.8 Å². The van der Waals surface area contributed by atoms with Crippen molar-refractivity contribution in [3.63, 3.8) is 0 Å². The summed E-state index contributed by atoms with van der Waals surface area (Å²) < 4.78 is 6.08. The molecule has 0 radical (unpaired) electrons. The summed E-state index contributed by atoms with van der Waals surface area (Å²) in [5.74, 6) is -0.451. The molecule has 0 amide bonds. The van der Waals surface area contributed by atoms with Crippen LogP contribution in [0.2, 0.25) is 0 Å². The van der Waals surface area contributed by atoms with E-state index >= 15 is 0 Å². The average Bonchev–Trinajstić information content (AvgIpc) is 2.71. The predicted octanol–water partition coefficient (Wildman–Crippen LogP) is 6.06. The van der Waals surface area contributed by atoms with E-state index in [9.17, 15) is 9.90 Å². The largest absolute Gasteiger partial charge is 0.479 e. The van der Waals surface area contributed by atoms with Crippen molar-refractivity contribution in [1.82, 2.24) is 9.97 Å². The summed E-state index contributed by atoms with van der Waals surface area (Å²) in [6, 6.07) is 9.86. The number of benzene rings is 1. The number of hydrogen-bond acceptors (Lipinski definition) is 5. The maximum absolute atomic E-state index is 12.4. The summed E-state index contributed by atoms with van der Waals surface area (Å²) in [5, 5.41) is 13.5. The topological polar surface area (TPSA) is 84.3 Å². The summed E-state index contributed by atoms with van der Waals surface area (Å²) in [7, 11) is 0. The van der Waals surface area contributed by atoms with E-state index < -0.39 is 17.7 Å². The molecule has 2 heterocycles. The third kappa shape index (κ3) is 5.14. The van der Waals surface area contributed by atoms with Gasteiger partial charge in [-0.1, -0.05) is 18.2 Å². The number of pyridine rings is 2. The first-order valence-electron chi connectivity index (χ1n) is 10.6. The Labute approximate surface area is 189 Å². The van der Waals surface area contributed by atoms with Gasteiger partial charge >= 0.3 is 5.97 Å². The molecule has 6 heteroatoms. The van der Waals surface area contributed by atoms with Gasteiger partial charge in [0.2, 0.25) is 0 Å². The lowest BCUT2D eigenvalue weighted by molar-refractivity contribution is -0.160. The minimum Gasteiger partial charge on any atom is -0.479 e. The molecule has 2 aromatic heterocycles. The minimum atomic E-state index is -1.15. The Balaban J connectivity index is 2.29. The zero-order valence-corrected chi connectivity index (χ0v) is 19.8. The smallest absolute Gasteiger partial charge is 0.337 e. The van der Waals surface area contributed by atoms with Gasteiger partial charge in [-0.15, -0.1) is 0 Å². The van der Waals surface area contributed by atoms with Gasteiger partial charge in [0.25, 0.3) is 0 Å². The fourth-order valence-corrected chi connectivity index (χ4v) is 3.69. The fraction of sp³-hybridized carbons (Fsp3) is 0.346. The Kier molecular flexibility index (Phi) is 6.65. The average molecular weight is 434 g/mol. The van der Waals surface area contributed by atoms with E-state index in [0.29, 0.717) is 11.4 Å². The van der Waals surface area contributed by atoms with Gasteiger partial charge in [0.15, 0.2) is 6.10 Å². The maximum atomic E-state index is 12.4. The van der Waals surface area contributed by atoms with E-state index in [1.165, 1.54) is 5.56 Å². The molecule has 0 spiro atoms. The van der Waals surface area contributed by atoms with Gasteiger partial charge in [0.05, 0.1) is 17.5 Å². The molecule has 32 heavy (non-hydrogen) atoms. The fourth-order valence-electron chi connectivity index (χ4n) is 3.69. The molecule has 0 saturated carbocycles. The molecule has 1 unspecified atom stereocenters. The lowest BCUT2D eigenvalue weighted by Crippen LogP contribution is -2.28. The number of ether oxygens (including phenoxy) is 1. The Morgan fingerprint density at radius 3 is 2.38 bits per heavy atom. The highest BCUT2D eigenvalue weighted by Crippen LogP contribution is 2.40. The third-order valence-corrected chi connectivity index (χ3v) is 5.35. The first-order chi connectivity index (χ1) is 15.0. The normalized spacial score (nSPS) is 12.5. The monoisotopic (exact) mass is 433 g/mol. The Bertz CT molecular complexity index is 1140. The van der Waals surface area contributed by atoms with E-state index in [2.05, 4.69) is 23.3 Å². The Morgan fingerprint density at radius 1 is 1.09 bits per heavy atom. The second-order valence-electron chi connectivity index (χ2n) is 9.07. The molecule has 1 aromatic carbocycles. The first-order valence-corrected chi connectivity index (χ1v) is 10.6. The van der Waals surface area contributed by atoms with Gasteiger partial charge in [-0.2, -0.15) is 0 Å². The summed E-state index contributed by atoms with van der Waals surface area (Å²) in [6.07, 6.45) is 2.25. The second kappa shape index (κ2) is 9.09. The van der Waals surface area contributed by atoms with Crippen molar-refractivity contribution in [2.75, 3.05) is 5.32 Å². The molecule has 1 atom stereocenters. The van der Waals surface area contributed by atoms with Gasteiger partial charge in [-0.25, -0.2) is 9.78 Å². The highest BCUT2D eigenvalue weighted by Gasteiger charge is 2.33. The number of aromatic nitrogens is 2. The van der Waals surface area contributed by atoms with Crippen LogP contribution in [-0.2, 0) is 9.53 Å². The van der Waals surface area contributed by atoms with Gasteiger partial charge < -0.3 is 15.2 Å². The van der Waals surface area contributed by atoms with Crippen LogP contribution in [0.5, 0.6) is 0 Å². The number of aryl methyl sites for hydroxylation is 3. The first kappa shape index (κ1) is 23.4. The van der Waals surface area contributed by atoms with Crippen LogP contribution in [0.3, 0.4) is 0 Å².